The minimum absolute atomic E-state index is 0.164. The molecule has 0 N–H and O–H groups in total. The highest BCUT2D eigenvalue weighted by Gasteiger charge is 2.33. The molecular formula is C30H22F2I2N2O4S. The third-order valence-corrected chi connectivity index (χ3v) is 8.90. The number of fused-ring (bicyclic) bond motifs is 1. The van der Waals surface area contributed by atoms with Crippen LogP contribution in [0.15, 0.2) is 81.7 Å². The summed E-state index contributed by atoms with van der Waals surface area (Å²) in [6.07, 6.45) is 1.78. The highest BCUT2D eigenvalue weighted by molar-refractivity contribution is 14.1. The maximum Gasteiger partial charge on any atom is 0.338 e. The molecule has 0 radical (unpaired) electrons. The molecule has 210 valence electrons. The fourth-order valence-electron chi connectivity index (χ4n) is 4.44. The van der Waals surface area contributed by atoms with Gasteiger partial charge in [0.15, 0.2) is 4.80 Å². The number of benzene rings is 3. The van der Waals surface area contributed by atoms with E-state index in [-0.39, 0.29) is 30.2 Å². The first-order chi connectivity index (χ1) is 19.7. The standard InChI is InChI=1S/C30H22F2I2N2O4S/c1-3-39-29(38)25-16(2)35-30-36(26(25)19-6-10-21(32)11-7-19)28(37)24(41-30)14-18-12-22(33)27(23(34)13-18)40-15-17-4-8-20(31)9-5-17/h4-14,26H,3,15H2,1-2H3/b24-14-/t26-/m0/s1. The number of allylic oxidation sites excluding steroid dienone is 1. The molecule has 5 rings (SSSR count). The van der Waals surface area contributed by atoms with Crippen LogP contribution < -0.4 is 19.6 Å². The molecule has 41 heavy (non-hydrogen) atoms. The number of carbonyl (C=O) groups excluding carboxylic acids is 1. The van der Waals surface area contributed by atoms with Crippen molar-refractivity contribution in [2.24, 2.45) is 4.99 Å². The van der Waals surface area contributed by atoms with Crippen molar-refractivity contribution in [3.63, 3.8) is 0 Å². The van der Waals surface area contributed by atoms with Gasteiger partial charge in [-0.25, -0.2) is 18.6 Å². The number of nitrogens with zero attached hydrogens (tertiary/aromatic N) is 2. The molecule has 1 aliphatic heterocycles. The van der Waals surface area contributed by atoms with E-state index in [0.717, 1.165) is 18.3 Å². The molecule has 0 amide bonds. The summed E-state index contributed by atoms with van der Waals surface area (Å²) < 4.78 is 41.9. The molecule has 2 heterocycles. The van der Waals surface area contributed by atoms with Crippen LogP contribution >= 0.6 is 56.5 Å². The second-order valence-electron chi connectivity index (χ2n) is 9.08. The predicted molar refractivity (Wildman–Crippen MR) is 169 cm³/mol. The molecule has 0 unspecified atom stereocenters. The zero-order valence-corrected chi connectivity index (χ0v) is 26.9. The van der Waals surface area contributed by atoms with Gasteiger partial charge < -0.3 is 9.47 Å². The Hall–Kier alpha value is -2.91. The van der Waals surface area contributed by atoms with E-state index < -0.39 is 17.8 Å². The minimum atomic E-state index is -0.810. The maximum atomic E-state index is 13.8. The van der Waals surface area contributed by atoms with Crippen LogP contribution in [-0.4, -0.2) is 17.1 Å². The van der Waals surface area contributed by atoms with E-state index in [1.807, 2.05) is 12.1 Å². The molecule has 11 heteroatoms. The summed E-state index contributed by atoms with van der Waals surface area (Å²) in [6.45, 7) is 3.86. The van der Waals surface area contributed by atoms with Crippen molar-refractivity contribution >= 4 is 68.6 Å². The average molecular weight is 798 g/mol. The number of halogens is 4. The first-order valence-electron chi connectivity index (χ1n) is 12.5. The van der Waals surface area contributed by atoms with Gasteiger partial charge in [-0.15, -0.1) is 0 Å². The lowest BCUT2D eigenvalue weighted by Gasteiger charge is -2.24. The van der Waals surface area contributed by atoms with Gasteiger partial charge in [0.2, 0.25) is 0 Å². The van der Waals surface area contributed by atoms with Crippen molar-refractivity contribution in [2.45, 2.75) is 26.5 Å². The van der Waals surface area contributed by atoms with E-state index in [9.17, 15) is 18.4 Å². The lowest BCUT2D eigenvalue weighted by atomic mass is 9.96. The summed E-state index contributed by atoms with van der Waals surface area (Å²) in [5.41, 5.74) is 2.57. The molecule has 6 nitrogen and oxygen atoms in total. The van der Waals surface area contributed by atoms with Crippen LogP contribution in [-0.2, 0) is 16.1 Å². The maximum absolute atomic E-state index is 13.8. The first kappa shape index (κ1) is 29.6. The van der Waals surface area contributed by atoms with Crippen molar-refractivity contribution in [1.29, 1.82) is 0 Å². The fourth-order valence-corrected chi connectivity index (χ4v) is 7.61. The van der Waals surface area contributed by atoms with E-state index in [2.05, 4.69) is 50.2 Å². The zero-order chi connectivity index (χ0) is 29.3. The lowest BCUT2D eigenvalue weighted by Crippen LogP contribution is -2.39. The van der Waals surface area contributed by atoms with Crippen LogP contribution in [0, 0.1) is 18.8 Å². The Morgan fingerprint density at radius 3 is 2.27 bits per heavy atom. The predicted octanol–water partition coefficient (Wildman–Crippen LogP) is 5.86. The smallest absolute Gasteiger partial charge is 0.338 e. The summed E-state index contributed by atoms with van der Waals surface area (Å²) >= 11 is 5.58. The van der Waals surface area contributed by atoms with Gasteiger partial charge in [0.25, 0.3) is 5.56 Å². The van der Waals surface area contributed by atoms with E-state index in [1.54, 1.807) is 44.2 Å². The summed E-state index contributed by atoms with van der Waals surface area (Å²) in [5.74, 6) is -0.601. The number of esters is 1. The quantitative estimate of drug-likeness (QED) is 0.174. The van der Waals surface area contributed by atoms with Crippen molar-refractivity contribution < 1.29 is 23.0 Å². The Morgan fingerprint density at radius 2 is 1.66 bits per heavy atom. The van der Waals surface area contributed by atoms with Crippen LogP contribution in [0.25, 0.3) is 6.08 Å². The third kappa shape index (κ3) is 6.31. The molecular weight excluding hydrogens is 776 g/mol. The molecule has 0 fully saturated rings. The minimum Gasteiger partial charge on any atom is -0.487 e. The van der Waals surface area contributed by atoms with Gasteiger partial charge in [0, 0.05) is 0 Å². The van der Waals surface area contributed by atoms with Gasteiger partial charge in [0.05, 0.1) is 35.6 Å². The molecule has 0 spiro atoms. The Bertz CT molecular complexity index is 1830. The Kier molecular flexibility index (Phi) is 9.04. The zero-order valence-electron chi connectivity index (χ0n) is 21.8. The normalized spacial score (nSPS) is 15.0. The van der Waals surface area contributed by atoms with Gasteiger partial charge in [-0.2, -0.15) is 0 Å². The van der Waals surface area contributed by atoms with E-state index in [1.165, 1.54) is 40.2 Å². The molecule has 1 aliphatic rings. The summed E-state index contributed by atoms with van der Waals surface area (Å²) in [7, 11) is 0. The van der Waals surface area contributed by atoms with Crippen LogP contribution in [0.5, 0.6) is 5.75 Å². The second kappa shape index (κ2) is 12.5. The van der Waals surface area contributed by atoms with Gasteiger partial charge in [0.1, 0.15) is 24.0 Å². The number of rotatable bonds is 7. The third-order valence-electron chi connectivity index (χ3n) is 6.32. The molecule has 0 aliphatic carbocycles. The van der Waals surface area contributed by atoms with Gasteiger partial charge in [-0.05, 0) is 118 Å². The molecule has 4 aromatic rings. The van der Waals surface area contributed by atoms with Crippen molar-refractivity contribution in [3.05, 3.63) is 127 Å². The number of carbonyl (C=O) groups is 1. The SMILES string of the molecule is CCOC(=O)C1=C(C)N=c2s/c(=C\c3cc(I)c(OCc4ccc(F)cc4)c(I)c3)c(=O)n2[C@H]1c1ccc(F)cc1. The Balaban J connectivity index is 1.54. The van der Waals surface area contributed by atoms with Gasteiger partial charge >= 0.3 is 5.97 Å². The van der Waals surface area contributed by atoms with E-state index in [0.29, 0.717) is 26.3 Å². The average Bonchev–Trinajstić information content (AvgIpc) is 3.23. The van der Waals surface area contributed by atoms with Crippen molar-refractivity contribution in [3.8, 4) is 5.75 Å². The Morgan fingerprint density at radius 1 is 1.05 bits per heavy atom. The second-order valence-corrected chi connectivity index (χ2v) is 12.4. The molecule has 0 saturated carbocycles. The van der Waals surface area contributed by atoms with Crippen molar-refractivity contribution in [1.82, 2.24) is 4.57 Å². The van der Waals surface area contributed by atoms with Crippen LogP contribution in [0.3, 0.4) is 0 Å². The highest BCUT2D eigenvalue weighted by atomic mass is 127. The largest absolute Gasteiger partial charge is 0.487 e. The number of aromatic nitrogens is 1. The number of ether oxygens (including phenoxy) is 2. The summed E-state index contributed by atoms with van der Waals surface area (Å²) in [6, 6.07) is 14.9. The molecule has 1 atom stereocenters. The van der Waals surface area contributed by atoms with Gasteiger partial charge in [-0.1, -0.05) is 35.6 Å². The number of hydrogen-bond acceptors (Lipinski definition) is 6. The van der Waals surface area contributed by atoms with Crippen molar-refractivity contribution in [2.75, 3.05) is 6.61 Å². The Labute approximate surface area is 265 Å². The molecule has 3 aromatic carbocycles. The van der Waals surface area contributed by atoms with Crippen LogP contribution in [0.4, 0.5) is 8.78 Å². The highest BCUT2D eigenvalue weighted by Crippen LogP contribution is 2.32. The number of hydrogen-bond donors (Lipinski definition) is 0. The molecule has 0 saturated heterocycles. The summed E-state index contributed by atoms with van der Waals surface area (Å²) in [4.78, 5) is 31.8. The topological polar surface area (TPSA) is 69.9 Å². The number of thiazole rings is 1. The van der Waals surface area contributed by atoms with E-state index >= 15 is 0 Å². The molecule has 1 aromatic heterocycles. The van der Waals surface area contributed by atoms with Crippen LogP contribution in [0.2, 0.25) is 0 Å². The monoisotopic (exact) mass is 798 g/mol. The van der Waals surface area contributed by atoms with Gasteiger partial charge in [-0.3, -0.25) is 9.36 Å². The summed E-state index contributed by atoms with van der Waals surface area (Å²) in [5, 5.41) is 0. The molecule has 0 bridgehead atoms. The van der Waals surface area contributed by atoms with Crippen LogP contribution in [0.1, 0.15) is 36.6 Å². The van der Waals surface area contributed by atoms with E-state index in [4.69, 9.17) is 9.47 Å². The first-order valence-corrected chi connectivity index (χ1v) is 15.4. The fraction of sp³-hybridized carbons (Fsp3) is 0.167. The lowest BCUT2D eigenvalue weighted by molar-refractivity contribution is -0.139.